The SMILES string of the molecule is O=C(Nc1ccc(Br)c(Cl)c1)[C@H]1CC(=O)N(c2ccc([N+](=O)[O-])cc2)C1. The van der Waals surface area contributed by atoms with Crippen molar-refractivity contribution in [1.82, 2.24) is 0 Å². The van der Waals surface area contributed by atoms with Crippen molar-refractivity contribution in [2.75, 3.05) is 16.8 Å². The number of halogens is 2. The molecule has 1 saturated heterocycles. The number of rotatable bonds is 4. The van der Waals surface area contributed by atoms with Crippen molar-refractivity contribution in [1.29, 1.82) is 0 Å². The molecule has 0 spiro atoms. The van der Waals surface area contributed by atoms with Crippen LogP contribution in [0.5, 0.6) is 0 Å². The van der Waals surface area contributed by atoms with Crippen LogP contribution in [0.1, 0.15) is 6.42 Å². The highest BCUT2D eigenvalue weighted by molar-refractivity contribution is 9.10. The fourth-order valence-electron chi connectivity index (χ4n) is 2.71. The summed E-state index contributed by atoms with van der Waals surface area (Å²) in [6.45, 7) is 0.215. The first-order valence-electron chi connectivity index (χ1n) is 7.66. The average molecular weight is 439 g/mol. The van der Waals surface area contributed by atoms with Gasteiger partial charge in [-0.2, -0.15) is 0 Å². The highest BCUT2D eigenvalue weighted by atomic mass is 79.9. The quantitative estimate of drug-likeness (QED) is 0.577. The molecule has 0 unspecified atom stereocenters. The molecular formula is C17H13BrClN3O4. The highest BCUT2D eigenvalue weighted by Crippen LogP contribution is 2.29. The number of nitrogens with zero attached hydrogens (tertiary/aromatic N) is 2. The minimum atomic E-state index is -0.514. The topological polar surface area (TPSA) is 92.6 Å². The second kappa shape index (κ2) is 7.43. The fraction of sp³-hybridized carbons (Fsp3) is 0.176. The number of anilines is 2. The summed E-state index contributed by atoms with van der Waals surface area (Å²) in [4.78, 5) is 36.4. The van der Waals surface area contributed by atoms with Gasteiger partial charge in [-0.25, -0.2) is 0 Å². The Labute approximate surface area is 162 Å². The smallest absolute Gasteiger partial charge is 0.269 e. The van der Waals surface area contributed by atoms with Gasteiger partial charge in [0.15, 0.2) is 0 Å². The number of amides is 2. The fourth-order valence-corrected chi connectivity index (χ4v) is 3.13. The number of nitrogens with one attached hydrogen (secondary N) is 1. The number of hydrogen-bond donors (Lipinski definition) is 1. The number of nitro groups is 1. The Hall–Kier alpha value is -2.45. The summed E-state index contributed by atoms with van der Waals surface area (Å²) in [6, 6.07) is 10.7. The molecule has 2 amide bonds. The molecule has 1 heterocycles. The molecule has 1 atom stereocenters. The third-order valence-corrected chi connectivity index (χ3v) is 5.29. The standard InChI is InChI=1S/C17H13BrClN3O4/c18-14-6-1-11(8-15(14)19)20-17(24)10-7-16(23)21(9-10)12-2-4-13(5-3-12)22(25)26/h1-6,8,10H,7,9H2,(H,20,24)/t10-/m0/s1. The monoisotopic (exact) mass is 437 g/mol. The zero-order valence-corrected chi connectivity index (χ0v) is 15.7. The second-order valence-electron chi connectivity index (χ2n) is 5.80. The molecular weight excluding hydrogens is 426 g/mol. The van der Waals surface area contributed by atoms with Crippen molar-refractivity contribution < 1.29 is 14.5 Å². The van der Waals surface area contributed by atoms with Crippen molar-refractivity contribution in [3.8, 4) is 0 Å². The Kier molecular flexibility index (Phi) is 5.24. The van der Waals surface area contributed by atoms with Crippen LogP contribution in [0.25, 0.3) is 0 Å². The lowest BCUT2D eigenvalue weighted by Crippen LogP contribution is -2.28. The molecule has 134 valence electrons. The Morgan fingerprint density at radius 3 is 2.58 bits per heavy atom. The summed E-state index contributed by atoms with van der Waals surface area (Å²) in [6.07, 6.45) is 0.0765. The van der Waals surface area contributed by atoms with E-state index in [1.165, 1.54) is 29.2 Å². The molecule has 0 saturated carbocycles. The normalized spacial score (nSPS) is 16.6. The van der Waals surface area contributed by atoms with Gasteiger partial charge in [-0.1, -0.05) is 11.6 Å². The van der Waals surface area contributed by atoms with E-state index in [-0.39, 0.29) is 30.5 Å². The maximum absolute atomic E-state index is 12.4. The van der Waals surface area contributed by atoms with E-state index < -0.39 is 10.8 Å². The van der Waals surface area contributed by atoms with Crippen LogP contribution in [0.3, 0.4) is 0 Å². The van der Waals surface area contributed by atoms with Crippen LogP contribution in [-0.4, -0.2) is 23.3 Å². The largest absolute Gasteiger partial charge is 0.326 e. The van der Waals surface area contributed by atoms with Gasteiger partial charge in [-0.3, -0.25) is 19.7 Å². The van der Waals surface area contributed by atoms with Crippen LogP contribution in [-0.2, 0) is 9.59 Å². The van der Waals surface area contributed by atoms with Crippen LogP contribution in [0, 0.1) is 16.0 Å². The van der Waals surface area contributed by atoms with Gasteiger partial charge >= 0.3 is 0 Å². The predicted molar refractivity (Wildman–Crippen MR) is 101 cm³/mol. The molecule has 9 heteroatoms. The molecule has 0 radical (unpaired) electrons. The lowest BCUT2D eigenvalue weighted by atomic mass is 10.1. The van der Waals surface area contributed by atoms with Crippen molar-refractivity contribution in [2.45, 2.75) is 6.42 Å². The Morgan fingerprint density at radius 1 is 1.27 bits per heavy atom. The van der Waals surface area contributed by atoms with Crippen LogP contribution in [0.15, 0.2) is 46.9 Å². The molecule has 1 aliphatic heterocycles. The van der Waals surface area contributed by atoms with Gasteiger partial charge in [0.05, 0.1) is 15.9 Å². The maximum atomic E-state index is 12.4. The molecule has 0 bridgehead atoms. The maximum Gasteiger partial charge on any atom is 0.269 e. The summed E-state index contributed by atoms with van der Waals surface area (Å²) in [5.74, 6) is -0.992. The average Bonchev–Trinajstić information content (AvgIpc) is 3.00. The number of nitro benzene ring substituents is 1. The van der Waals surface area contributed by atoms with Crippen LogP contribution in [0.4, 0.5) is 17.1 Å². The zero-order valence-electron chi connectivity index (χ0n) is 13.3. The van der Waals surface area contributed by atoms with Crippen molar-refractivity contribution in [2.24, 2.45) is 5.92 Å². The minimum absolute atomic E-state index is 0.0539. The molecule has 2 aromatic rings. The summed E-state index contributed by atoms with van der Waals surface area (Å²) in [5.41, 5.74) is 1.02. The highest BCUT2D eigenvalue weighted by Gasteiger charge is 2.35. The molecule has 0 aromatic heterocycles. The lowest BCUT2D eigenvalue weighted by Gasteiger charge is -2.16. The van der Waals surface area contributed by atoms with Crippen molar-refractivity contribution in [3.05, 3.63) is 62.1 Å². The van der Waals surface area contributed by atoms with Gasteiger partial charge in [0.2, 0.25) is 11.8 Å². The second-order valence-corrected chi connectivity index (χ2v) is 7.06. The third kappa shape index (κ3) is 3.86. The van der Waals surface area contributed by atoms with E-state index in [1.54, 1.807) is 18.2 Å². The van der Waals surface area contributed by atoms with E-state index in [4.69, 9.17) is 11.6 Å². The van der Waals surface area contributed by atoms with Crippen LogP contribution < -0.4 is 10.2 Å². The number of benzene rings is 2. The first kappa shape index (κ1) is 18.3. The predicted octanol–water partition coefficient (Wildman–Crippen LogP) is 4.00. The molecule has 7 nitrogen and oxygen atoms in total. The number of carbonyl (C=O) groups excluding carboxylic acids is 2. The minimum Gasteiger partial charge on any atom is -0.326 e. The Morgan fingerprint density at radius 2 is 1.96 bits per heavy atom. The van der Waals surface area contributed by atoms with Gasteiger partial charge in [0, 0.05) is 40.9 Å². The summed E-state index contributed by atoms with van der Waals surface area (Å²) in [5, 5.41) is 13.9. The van der Waals surface area contributed by atoms with E-state index in [1.807, 2.05) is 0 Å². The number of hydrogen-bond acceptors (Lipinski definition) is 4. The van der Waals surface area contributed by atoms with Crippen LogP contribution in [0.2, 0.25) is 5.02 Å². The van der Waals surface area contributed by atoms with Gasteiger partial charge < -0.3 is 10.2 Å². The number of non-ortho nitro benzene ring substituents is 1. The van der Waals surface area contributed by atoms with Crippen LogP contribution >= 0.6 is 27.5 Å². The van der Waals surface area contributed by atoms with E-state index in [9.17, 15) is 19.7 Å². The summed E-state index contributed by atoms with van der Waals surface area (Å²) >= 11 is 9.29. The molecule has 3 rings (SSSR count). The first-order chi connectivity index (χ1) is 12.3. The molecule has 0 aliphatic carbocycles. The van der Waals surface area contributed by atoms with Gasteiger partial charge in [-0.15, -0.1) is 0 Å². The zero-order chi connectivity index (χ0) is 18.8. The molecule has 1 fully saturated rings. The summed E-state index contributed by atoms with van der Waals surface area (Å²) < 4.78 is 0.720. The molecule has 26 heavy (non-hydrogen) atoms. The Bertz CT molecular complexity index is 888. The third-order valence-electron chi connectivity index (χ3n) is 4.06. The lowest BCUT2D eigenvalue weighted by molar-refractivity contribution is -0.384. The number of carbonyl (C=O) groups is 2. The van der Waals surface area contributed by atoms with Crippen molar-refractivity contribution >= 4 is 56.4 Å². The Balaban J connectivity index is 1.69. The van der Waals surface area contributed by atoms with Gasteiger partial charge in [0.25, 0.3) is 5.69 Å². The molecule has 1 N–H and O–H groups in total. The van der Waals surface area contributed by atoms with E-state index in [0.717, 1.165) is 4.47 Å². The van der Waals surface area contributed by atoms with Gasteiger partial charge in [-0.05, 0) is 46.3 Å². The first-order valence-corrected chi connectivity index (χ1v) is 8.83. The molecule has 1 aliphatic rings. The summed E-state index contributed by atoms with van der Waals surface area (Å²) in [7, 11) is 0. The van der Waals surface area contributed by atoms with Crippen molar-refractivity contribution in [3.63, 3.8) is 0 Å². The van der Waals surface area contributed by atoms with E-state index in [2.05, 4.69) is 21.2 Å². The van der Waals surface area contributed by atoms with E-state index in [0.29, 0.717) is 16.4 Å². The molecule has 2 aromatic carbocycles. The van der Waals surface area contributed by atoms with Gasteiger partial charge in [0.1, 0.15) is 0 Å². The van der Waals surface area contributed by atoms with E-state index >= 15 is 0 Å².